The van der Waals surface area contributed by atoms with Crippen molar-refractivity contribution in [2.75, 3.05) is 13.6 Å². The van der Waals surface area contributed by atoms with E-state index in [0.717, 1.165) is 6.42 Å². The Hall–Kier alpha value is -2.17. The molecule has 0 aliphatic carbocycles. The Bertz CT molecular complexity index is 482. The van der Waals surface area contributed by atoms with Crippen molar-refractivity contribution < 1.29 is 9.21 Å². The number of hydrogen-bond donors (Lipinski definition) is 0. The molecule has 5 heteroatoms. The standard InChI is InChI=1S/C13H15N3O2/c1-16(7-4-11-2-5-14-6-3-11)13(17)8-12-9-18-10-15-12/h2-3,5-6,9-10H,4,7-8H2,1H3. The number of pyridine rings is 1. The first-order valence-electron chi connectivity index (χ1n) is 5.75. The SMILES string of the molecule is CN(CCc1ccncc1)C(=O)Cc1cocn1. The zero-order chi connectivity index (χ0) is 12.8. The van der Waals surface area contributed by atoms with Gasteiger partial charge in [0.2, 0.25) is 5.91 Å². The van der Waals surface area contributed by atoms with Crippen LogP contribution < -0.4 is 0 Å². The molecule has 2 aromatic rings. The minimum absolute atomic E-state index is 0.0398. The van der Waals surface area contributed by atoms with E-state index in [4.69, 9.17) is 4.42 Å². The number of aromatic nitrogens is 2. The molecule has 18 heavy (non-hydrogen) atoms. The van der Waals surface area contributed by atoms with Crippen molar-refractivity contribution in [3.63, 3.8) is 0 Å². The van der Waals surface area contributed by atoms with Crippen LogP contribution in [0.25, 0.3) is 0 Å². The van der Waals surface area contributed by atoms with Crippen LogP contribution in [0.15, 0.2) is 41.6 Å². The molecule has 0 saturated heterocycles. The summed E-state index contributed by atoms with van der Waals surface area (Å²) in [6, 6.07) is 3.91. The number of rotatable bonds is 5. The summed E-state index contributed by atoms with van der Waals surface area (Å²) in [5, 5.41) is 0. The smallest absolute Gasteiger partial charge is 0.228 e. The van der Waals surface area contributed by atoms with Gasteiger partial charge in [0.05, 0.1) is 12.1 Å². The third-order valence-corrected chi connectivity index (χ3v) is 2.73. The van der Waals surface area contributed by atoms with E-state index >= 15 is 0 Å². The fourth-order valence-electron chi connectivity index (χ4n) is 1.59. The molecule has 0 saturated carbocycles. The monoisotopic (exact) mass is 245 g/mol. The second-order valence-electron chi connectivity index (χ2n) is 4.08. The number of hydrogen-bond acceptors (Lipinski definition) is 4. The van der Waals surface area contributed by atoms with Crippen molar-refractivity contribution in [3.05, 3.63) is 48.4 Å². The van der Waals surface area contributed by atoms with Gasteiger partial charge in [0.25, 0.3) is 0 Å². The van der Waals surface area contributed by atoms with Crippen LogP contribution in [0, 0.1) is 0 Å². The molecule has 2 rings (SSSR count). The summed E-state index contributed by atoms with van der Waals surface area (Å²) in [5.41, 5.74) is 1.84. The lowest BCUT2D eigenvalue weighted by Gasteiger charge is -2.16. The van der Waals surface area contributed by atoms with Crippen LogP contribution >= 0.6 is 0 Å². The van der Waals surface area contributed by atoms with Gasteiger partial charge in [0.15, 0.2) is 6.39 Å². The van der Waals surface area contributed by atoms with Crippen molar-refractivity contribution in [3.8, 4) is 0 Å². The molecule has 0 aliphatic rings. The van der Waals surface area contributed by atoms with Crippen LogP contribution in [-0.2, 0) is 17.6 Å². The average molecular weight is 245 g/mol. The first-order chi connectivity index (χ1) is 8.75. The average Bonchev–Trinajstić information content (AvgIpc) is 2.90. The maximum Gasteiger partial charge on any atom is 0.228 e. The summed E-state index contributed by atoms with van der Waals surface area (Å²) in [6.07, 6.45) is 7.44. The van der Waals surface area contributed by atoms with E-state index in [9.17, 15) is 4.79 Å². The number of carbonyl (C=O) groups excluding carboxylic acids is 1. The number of likely N-dealkylation sites (N-methyl/N-ethyl adjacent to an activating group) is 1. The molecule has 0 N–H and O–H groups in total. The van der Waals surface area contributed by atoms with Crippen molar-refractivity contribution in [1.82, 2.24) is 14.9 Å². The van der Waals surface area contributed by atoms with Crippen LogP contribution in [0.3, 0.4) is 0 Å². The zero-order valence-electron chi connectivity index (χ0n) is 10.2. The lowest BCUT2D eigenvalue weighted by molar-refractivity contribution is -0.129. The maximum atomic E-state index is 11.9. The van der Waals surface area contributed by atoms with Crippen LogP contribution in [0.1, 0.15) is 11.3 Å². The van der Waals surface area contributed by atoms with Gasteiger partial charge in [-0.15, -0.1) is 0 Å². The molecule has 0 atom stereocenters. The largest absolute Gasteiger partial charge is 0.451 e. The van der Waals surface area contributed by atoms with Crippen LogP contribution in [0.5, 0.6) is 0 Å². The predicted octanol–water partition coefficient (Wildman–Crippen LogP) is 1.31. The molecule has 0 bridgehead atoms. The molecular formula is C13H15N3O2. The van der Waals surface area contributed by atoms with Gasteiger partial charge in [0.1, 0.15) is 6.26 Å². The molecule has 0 aliphatic heterocycles. The number of amides is 1. The summed E-state index contributed by atoms with van der Waals surface area (Å²) >= 11 is 0. The van der Waals surface area contributed by atoms with Gasteiger partial charge >= 0.3 is 0 Å². The molecule has 2 heterocycles. The fourth-order valence-corrected chi connectivity index (χ4v) is 1.59. The van der Waals surface area contributed by atoms with Gasteiger partial charge in [-0.1, -0.05) is 0 Å². The predicted molar refractivity (Wildman–Crippen MR) is 65.8 cm³/mol. The molecule has 0 fully saturated rings. The molecular weight excluding hydrogens is 230 g/mol. The summed E-state index contributed by atoms with van der Waals surface area (Å²) < 4.78 is 4.84. The Labute approximate surface area is 105 Å². The molecule has 1 amide bonds. The van der Waals surface area contributed by atoms with E-state index in [1.54, 1.807) is 24.3 Å². The van der Waals surface area contributed by atoms with Crippen molar-refractivity contribution >= 4 is 5.91 Å². The van der Waals surface area contributed by atoms with Gasteiger partial charge in [0, 0.05) is 26.0 Å². The third-order valence-electron chi connectivity index (χ3n) is 2.73. The minimum atomic E-state index is 0.0398. The second kappa shape index (κ2) is 5.95. The normalized spacial score (nSPS) is 10.3. The first-order valence-corrected chi connectivity index (χ1v) is 5.75. The highest BCUT2D eigenvalue weighted by atomic mass is 16.3. The van der Waals surface area contributed by atoms with E-state index in [-0.39, 0.29) is 12.3 Å². The number of nitrogens with zero attached hydrogens (tertiary/aromatic N) is 3. The molecule has 0 unspecified atom stereocenters. The number of oxazole rings is 1. The Morgan fingerprint density at radius 2 is 2.17 bits per heavy atom. The molecule has 2 aromatic heterocycles. The van der Waals surface area contributed by atoms with E-state index in [0.29, 0.717) is 12.2 Å². The van der Waals surface area contributed by atoms with Gasteiger partial charge in [-0.2, -0.15) is 0 Å². The van der Waals surface area contributed by atoms with Gasteiger partial charge in [-0.05, 0) is 24.1 Å². The quantitative estimate of drug-likeness (QED) is 0.797. The van der Waals surface area contributed by atoms with Gasteiger partial charge in [-0.25, -0.2) is 4.98 Å². The topological polar surface area (TPSA) is 59.2 Å². The highest BCUT2D eigenvalue weighted by molar-refractivity contribution is 5.77. The zero-order valence-corrected chi connectivity index (χ0v) is 10.2. The molecule has 0 radical (unpaired) electrons. The molecule has 5 nitrogen and oxygen atoms in total. The van der Waals surface area contributed by atoms with Crippen molar-refractivity contribution in [2.24, 2.45) is 0 Å². The van der Waals surface area contributed by atoms with Crippen molar-refractivity contribution in [1.29, 1.82) is 0 Å². The first kappa shape index (κ1) is 12.3. The van der Waals surface area contributed by atoms with Crippen LogP contribution in [0.2, 0.25) is 0 Å². The Morgan fingerprint density at radius 1 is 1.39 bits per heavy atom. The fraction of sp³-hybridized carbons (Fsp3) is 0.308. The molecule has 0 aromatic carbocycles. The van der Waals surface area contributed by atoms with Gasteiger partial charge in [-0.3, -0.25) is 9.78 Å². The van der Waals surface area contributed by atoms with E-state index in [1.165, 1.54) is 18.2 Å². The summed E-state index contributed by atoms with van der Waals surface area (Å²) in [4.78, 5) is 21.5. The van der Waals surface area contributed by atoms with Crippen LogP contribution in [-0.4, -0.2) is 34.4 Å². The Balaban J connectivity index is 1.81. The van der Waals surface area contributed by atoms with Crippen LogP contribution in [0.4, 0.5) is 0 Å². The number of carbonyl (C=O) groups is 1. The van der Waals surface area contributed by atoms with E-state index in [2.05, 4.69) is 9.97 Å². The van der Waals surface area contributed by atoms with Crippen molar-refractivity contribution in [2.45, 2.75) is 12.8 Å². The lowest BCUT2D eigenvalue weighted by Crippen LogP contribution is -2.30. The molecule has 0 spiro atoms. The summed E-state index contributed by atoms with van der Waals surface area (Å²) in [6.45, 7) is 0.681. The van der Waals surface area contributed by atoms with Gasteiger partial charge < -0.3 is 9.32 Å². The third kappa shape index (κ3) is 3.41. The summed E-state index contributed by atoms with van der Waals surface area (Å²) in [5.74, 6) is 0.0398. The molecule has 94 valence electrons. The maximum absolute atomic E-state index is 11.9. The second-order valence-corrected chi connectivity index (χ2v) is 4.08. The van der Waals surface area contributed by atoms with E-state index in [1.807, 2.05) is 12.1 Å². The Kier molecular flexibility index (Phi) is 4.06. The van der Waals surface area contributed by atoms with E-state index < -0.39 is 0 Å². The highest BCUT2D eigenvalue weighted by Gasteiger charge is 2.11. The highest BCUT2D eigenvalue weighted by Crippen LogP contribution is 2.02. The Morgan fingerprint density at radius 3 is 2.83 bits per heavy atom. The summed E-state index contributed by atoms with van der Waals surface area (Å²) in [7, 11) is 1.80. The minimum Gasteiger partial charge on any atom is -0.451 e. The lowest BCUT2D eigenvalue weighted by atomic mass is 10.2.